The number of carbonyl (C=O) groups excluding carboxylic acids is 1. The maximum atomic E-state index is 12.7. The lowest BCUT2D eigenvalue weighted by molar-refractivity contribution is -0.135. The minimum atomic E-state index is -3.76. The van der Waals surface area contributed by atoms with Crippen LogP contribution < -0.4 is 5.32 Å². The first kappa shape index (κ1) is 16.0. The monoisotopic (exact) mass is 347 g/mol. The summed E-state index contributed by atoms with van der Waals surface area (Å²) < 4.78 is 30.2. The van der Waals surface area contributed by atoms with Crippen molar-refractivity contribution in [3.05, 3.63) is 46.9 Å². The number of hydrogen-bond donors (Lipinski definition) is 2. The predicted octanol–water partition coefficient (Wildman–Crippen LogP) is 1.78. The Morgan fingerprint density at radius 1 is 1.12 bits per heavy atom. The highest BCUT2D eigenvalue weighted by atomic mass is 32.2. The van der Waals surface area contributed by atoms with Gasteiger partial charge in [-0.2, -0.15) is 0 Å². The van der Waals surface area contributed by atoms with E-state index in [-0.39, 0.29) is 9.80 Å². The van der Waals surface area contributed by atoms with Crippen LogP contribution in [0.25, 0.3) is 16.8 Å². The number of carboxylic acids is 1. The van der Waals surface area contributed by atoms with E-state index in [1.54, 1.807) is 18.2 Å². The Kier molecular flexibility index (Phi) is 3.98. The van der Waals surface area contributed by atoms with Crippen LogP contribution in [0, 0.1) is 0 Å². The maximum absolute atomic E-state index is 12.7. The van der Waals surface area contributed by atoms with Crippen LogP contribution in [0.4, 0.5) is 4.79 Å². The molecule has 3 rings (SSSR count). The van der Waals surface area contributed by atoms with E-state index < -0.39 is 35.1 Å². The van der Waals surface area contributed by atoms with Crippen molar-refractivity contribution in [2.45, 2.75) is 4.90 Å². The van der Waals surface area contributed by atoms with Crippen molar-refractivity contribution in [1.29, 1.82) is 0 Å². The summed E-state index contributed by atoms with van der Waals surface area (Å²) in [6.07, 6.45) is 0.469. The molecule has 2 aromatic rings. The summed E-state index contributed by atoms with van der Waals surface area (Å²) in [7, 11) is -3.76. The van der Waals surface area contributed by atoms with Crippen LogP contribution in [0.5, 0.6) is 0 Å². The summed E-state index contributed by atoms with van der Waals surface area (Å²) >= 11 is 0. The Balaban J connectivity index is 1.84. The molecule has 1 heterocycles. The number of carbonyl (C=O) groups is 2. The van der Waals surface area contributed by atoms with Crippen molar-refractivity contribution in [2.75, 3.05) is 13.2 Å². The molecule has 1 aliphatic rings. The molecule has 0 radical (unpaired) electrons. The molecule has 1 aliphatic heterocycles. The lowest BCUT2D eigenvalue weighted by atomic mass is 10.1. The zero-order chi connectivity index (χ0) is 17.3. The van der Waals surface area contributed by atoms with Crippen molar-refractivity contribution in [3.63, 3.8) is 0 Å². The zero-order valence-electron chi connectivity index (χ0n) is 12.4. The van der Waals surface area contributed by atoms with Crippen molar-refractivity contribution in [2.24, 2.45) is 0 Å². The van der Waals surface area contributed by atoms with Gasteiger partial charge in [-0.25, -0.2) is 13.2 Å². The van der Waals surface area contributed by atoms with Crippen LogP contribution in [0.15, 0.2) is 46.2 Å². The van der Waals surface area contributed by atoms with Crippen LogP contribution in [0.3, 0.4) is 0 Å². The first-order valence-corrected chi connectivity index (χ1v) is 8.48. The van der Waals surface area contributed by atoms with Crippen molar-refractivity contribution in [3.8, 4) is 0 Å². The standard InChI is InChI=1S/C16H13NO6S/c18-14(19)8-17-16(20)23-9-12-7-11-6-5-10-3-1-2-4-13(10)15(11)24(12,21)22/h1-7H,8-9H2,(H,17,20)(H,18,19). The molecule has 2 N–H and O–H groups in total. The molecule has 8 heteroatoms. The molecule has 0 saturated carbocycles. The van der Waals surface area contributed by atoms with Gasteiger partial charge >= 0.3 is 12.1 Å². The van der Waals surface area contributed by atoms with Crippen LogP contribution in [-0.4, -0.2) is 38.7 Å². The van der Waals surface area contributed by atoms with E-state index in [4.69, 9.17) is 9.84 Å². The van der Waals surface area contributed by atoms with Gasteiger partial charge in [0, 0.05) is 5.39 Å². The van der Waals surface area contributed by atoms with E-state index in [0.29, 0.717) is 10.9 Å². The van der Waals surface area contributed by atoms with E-state index in [9.17, 15) is 18.0 Å². The fourth-order valence-corrected chi connectivity index (χ4v) is 4.18. The predicted molar refractivity (Wildman–Crippen MR) is 86.1 cm³/mol. The van der Waals surface area contributed by atoms with Crippen LogP contribution in [0.1, 0.15) is 5.56 Å². The van der Waals surface area contributed by atoms with Gasteiger partial charge in [-0.05, 0) is 17.0 Å². The van der Waals surface area contributed by atoms with Gasteiger partial charge in [0.2, 0.25) is 9.84 Å². The molecule has 0 atom stereocenters. The van der Waals surface area contributed by atoms with Gasteiger partial charge in [-0.1, -0.05) is 36.4 Å². The number of sulfone groups is 1. The maximum Gasteiger partial charge on any atom is 0.407 e. The molecule has 2 aromatic carbocycles. The second kappa shape index (κ2) is 5.97. The second-order valence-corrected chi connectivity index (χ2v) is 7.08. The number of carboxylic acid groups (broad SMARTS) is 1. The molecule has 0 unspecified atom stereocenters. The lowest BCUT2D eigenvalue weighted by Gasteiger charge is -2.08. The SMILES string of the molecule is O=C(O)CNC(=O)OCC1=Cc2ccc3ccccc3c2S1(=O)=O. The lowest BCUT2D eigenvalue weighted by Crippen LogP contribution is -2.30. The molecule has 24 heavy (non-hydrogen) atoms. The highest BCUT2D eigenvalue weighted by Crippen LogP contribution is 2.37. The molecule has 0 saturated heterocycles. The third-order valence-electron chi connectivity index (χ3n) is 3.57. The third-order valence-corrected chi connectivity index (χ3v) is 5.49. The van der Waals surface area contributed by atoms with Gasteiger partial charge < -0.3 is 15.2 Å². The van der Waals surface area contributed by atoms with Gasteiger partial charge in [-0.3, -0.25) is 4.79 Å². The number of rotatable bonds is 4. The van der Waals surface area contributed by atoms with Crippen molar-refractivity contribution >= 4 is 38.7 Å². The van der Waals surface area contributed by atoms with E-state index in [2.05, 4.69) is 0 Å². The zero-order valence-corrected chi connectivity index (χ0v) is 13.2. The molecule has 124 valence electrons. The largest absolute Gasteiger partial charge is 0.480 e. The Hall–Kier alpha value is -2.87. The number of aliphatic carboxylic acids is 1. The average molecular weight is 347 g/mol. The number of benzene rings is 2. The molecule has 7 nitrogen and oxygen atoms in total. The summed E-state index contributed by atoms with van der Waals surface area (Å²) in [6.45, 7) is -1.06. The highest BCUT2D eigenvalue weighted by molar-refractivity contribution is 7.96. The van der Waals surface area contributed by atoms with Crippen LogP contribution in [-0.2, 0) is 19.4 Å². The normalized spacial score (nSPS) is 14.8. The van der Waals surface area contributed by atoms with Gasteiger partial charge in [0.05, 0.1) is 9.80 Å². The Morgan fingerprint density at radius 2 is 1.88 bits per heavy atom. The van der Waals surface area contributed by atoms with Gasteiger partial charge in [-0.15, -0.1) is 0 Å². The Labute approximate surface area is 137 Å². The number of hydrogen-bond acceptors (Lipinski definition) is 5. The molecule has 0 spiro atoms. The molecular formula is C16H13NO6S. The number of ether oxygens (including phenoxy) is 1. The van der Waals surface area contributed by atoms with E-state index in [1.807, 2.05) is 23.5 Å². The fourth-order valence-electron chi connectivity index (χ4n) is 2.51. The second-order valence-electron chi connectivity index (χ2n) is 5.14. The van der Waals surface area contributed by atoms with Gasteiger partial charge in [0.25, 0.3) is 0 Å². The third kappa shape index (κ3) is 2.83. The molecule has 0 bridgehead atoms. The minimum absolute atomic E-state index is 0.0423. The molecule has 0 aliphatic carbocycles. The number of nitrogens with one attached hydrogen (secondary N) is 1. The summed E-state index contributed by atoms with van der Waals surface area (Å²) in [5.41, 5.74) is 0.540. The number of fused-ring (bicyclic) bond motifs is 3. The summed E-state index contributed by atoms with van der Waals surface area (Å²) in [4.78, 5) is 21.9. The van der Waals surface area contributed by atoms with E-state index in [1.165, 1.54) is 6.08 Å². The first-order valence-electron chi connectivity index (χ1n) is 6.99. The number of alkyl carbamates (subject to hydrolysis) is 1. The smallest absolute Gasteiger partial charge is 0.407 e. The fraction of sp³-hybridized carbons (Fsp3) is 0.125. The number of amides is 1. The molecular weight excluding hydrogens is 334 g/mol. The van der Waals surface area contributed by atoms with Crippen molar-refractivity contribution < 1.29 is 27.9 Å². The van der Waals surface area contributed by atoms with Crippen LogP contribution >= 0.6 is 0 Å². The Morgan fingerprint density at radius 3 is 2.62 bits per heavy atom. The van der Waals surface area contributed by atoms with Crippen molar-refractivity contribution in [1.82, 2.24) is 5.32 Å². The van der Waals surface area contributed by atoms with Gasteiger partial charge in [0.1, 0.15) is 13.2 Å². The van der Waals surface area contributed by atoms with Gasteiger partial charge in [0.15, 0.2) is 0 Å². The average Bonchev–Trinajstić information content (AvgIpc) is 2.81. The summed E-state index contributed by atoms with van der Waals surface area (Å²) in [6, 6.07) is 10.6. The first-order chi connectivity index (χ1) is 11.4. The van der Waals surface area contributed by atoms with Crippen LogP contribution in [0.2, 0.25) is 0 Å². The molecule has 0 aromatic heterocycles. The molecule has 0 fully saturated rings. The minimum Gasteiger partial charge on any atom is -0.480 e. The topological polar surface area (TPSA) is 110 Å². The highest BCUT2D eigenvalue weighted by Gasteiger charge is 2.32. The summed E-state index contributed by atoms with van der Waals surface area (Å²) in [5, 5.41) is 11.9. The molecule has 1 amide bonds. The van der Waals surface area contributed by atoms with E-state index in [0.717, 1.165) is 5.39 Å². The Bertz CT molecular complexity index is 977. The summed E-state index contributed by atoms with van der Waals surface area (Å²) in [5.74, 6) is -1.22. The quantitative estimate of drug-likeness (QED) is 0.872. The van der Waals surface area contributed by atoms with E-state index >= 15 is 0 Å².